The molecule has 0 amide bonds. The van der Waals surface area contributed by atoms with Crippen molar-refractivity contribution in [1.29, 1.82) is 0 Å². The number of rotatable bonds is 1. The lowest BCUT2D eigenvalue weighted by molar-refractivity contribution is -0.150. The van der Waals surface area contributed by atoms with Crippen molar-refractivity contribution in [3.63, 3.8) is 0 Å². The quantitative estimate of drug-likeness (QED) is 0.524. The molecule has 0 aliphatic heterocycles. The third-order valence-electron chi connectivity index (χ3n) is 0.587. The molecule has 8 heavy (non-hydrogen) atoms. The van der Waals surface area contributed by atoms with E-state index in [-0.39, 0.29) is 0 Å². The summed E-state index contributed by atoms with van der Waals surface area (Å²) in [6.45, 7) is -1.55. The van der Waals surface area contributed by atoms with E-state index in [1.54, 1.807) is 0 Å². The first kappa shape index (κ1) is 7.68. The van der Waals surface area contributed by atoms with Crippen molar-refractivity contribution in [2.45, 2.75) is 12.2 Å². The molecule has 0 bridgehead atoms. The standard InChI is InChI=1S/C3H5F4N/c4-1-2(8)3(5,6)7/h2H,1,8H2/t2-/m1/s1. The van der Waals surface area contributed by atoms with Gasteiger partial charge in [-0.05, 0) is 0 Å². The highest BCUT2D eigenvalue weighted by Crippen LogP contribution is 2.17. The maximum Gasteiger partial charge on any atom is 0.406 e. The van der Waals surface area contributed by atoms with E-state index in [4.69, 9.17) is 0 Å². The Morgan fingerprint density at radius 2 is 1.75 bits per heavy atom. The molecule has 0 aromatic carbocycles. The fraction of sp³-hybridized carbons (Fsp3) is 1.00. The lowest BCUT2D eigenvalue weighted by Crippen LogP contribution is -2.38. The molecule has 2 N–H and O–H groups in total. The molecule has 0 heterocycles. The van der Waals surface area contributed by atoms with Crippen LogP contribution in [0.25, 0.3) is 0 Å². The molecule has 0 unspecified atom stereocenters. The van der Waals surface area contributed by atoms with Crippen molar-refractivity contribution >= 4 is 0 Å². The van der Waals surface area contributed by atoms with Gasteiger partial charge in [-0.3, -0.25) is 0 Å². The van der Waals surface area contributed by atoms with Gasteiger partial charge in [-0.1, -0.05) is 0 Å². The average molecular weight is 131 g/mol. The zero-order chi connectivity index (χ0) is 6.78. The van der Waals surface area contributed by atoms with Crippen LogP contribution in [0.5, 0.6) is 0 Å². The first-order chi connectivity index (χ1) is 3.48. The second-order valence-corrected chi connectivity index (χ2v) is 1.30. The van der Waals surface area contributed by atoms with Crippen LogP contribution in [0.1, 0.15) is 0 Å². The first-order valence-corrected chi connectivity index (χ1v) is 1.86. The minimum absolute atomic E-state index is 1.55. The van der Waals surface area contributed by atoms with Gasteiger partial charge in [0.1, 0.15) is 12.7 Å². The van der Waals surface area contributed by atoms with Crippen molar-refractivity contribution in [2.75, 3.05) is 6.67 Å². The van der Waals surface area contributed by atoms with Gasteiger partial charge in [0.05, 0.1) is 0 Å². The number of hydrogen-bond donors (Lipinski definition) is 1. The fourth-order valence-electron chi connectivity index (χ4n) is 0.0875. The van der Waals surface area contributed by atoms with Crippen molar-refractivity contribution < 1.29 is 17.6 Å². The zero-order valence-corrected chi connectivity index (χ0v) is 3.87. The average Bonchev–Trinajstić information content (AvgIpc) is 1.62. The third kappa shape index (κ3) is 2.11. The number of alkyl halides is 4. The molecule has 0 aromatic rings. The zero-order valence-electron chi connectivity index (χ0n) is 3.87. The summed E-state index contributed by atoms with van der Waals surface area (Å²) >= 11 is 0. The van der Waals surface area contributed by atoms with E-state index in [1.165, 1.54) is 0 Å². The van der Waals surface area contributed by atoms with Gasteiger partial charge < -0.3 is 5.73 Å². The Hall–Kier alpha value is -0.320. The van der Waals surface area contributed by atoms with Gasteiger partial charge in [-0.25, -0.2) is 4.39 Å². The van der Waals surface area contributed by atoms with Gasteiger partial charge in [0.2, 0.25) is 0 Å². The summed E-state index contributed by atoms with van der Waals surface area (Å²) in [5, 5.41) is 0. The second-order valence-electron chi connectivity index (χ2n) is 1.30. The Morgan fingerprint density at radius 3 is 1.75 bits per heavy atom. The summed E-state index contributed by atoms with van der Waals surface area (Å²) in [4.78, 5) is 0. The summed E-state index contributed by atoms with van der Waals surface area (Å²) in [6.07, 6.45) is -4.59. The van der Waals surface area contributed by atoms with Crippen LogP contribution < -0.4 is 5.73 Å². The van der Waals surface area contributed by atoms with Crippen LogP contribution >= 0.6 is 0 Å². The van der Waals surface area contributed by atoms with E-state index in [1.807, 2.05) is 0 Å². The molecular formula is C3H5F4N. The number of nitrogens with two attached hydrogens (primary N) is 1. The van der Waals surface area contributed by atoms with Crippen LogP contribution in [-0.4, -0.2) is 18.9 Å². The molecule has 0 aliphatic rings. The lowest BCUT2D eigenvalue weighted by Gasteiger charge is -2.09. The lowest BCUT2D eigenvalue weighted by atomic mass is 10.3. The SMILES string of the molecule is N[C@H](CF)C(F)(F)F. The predicted octanol–water partition coefficient (Wildman–Crippen LogP) is 0.845. The number of halogens is 4. The first-order valence-electron chi connectivity index (χ1n) is 1.86. The summed E-state index contributed by atoms with van der Waals surface area (Å²) < 4.78 is 44.3. The van der Waals surface area contributed by atoms with E-state index in [0.29, 0.717) is 0 Å². The predicted molar refractivity (Wildman–Crippen MR) is 20.0 cm³/mol. The molecule has 5 heteroatoms. The molecule has 50 valence electrons. The molecule has 0 saturated heterocycles. The highest BCUT2D eigenvalue weighted by Gasteiger charge is 2.36. The molecule has 1 nitrogen and oxygen atoms in total. The minimum Gasteiger partial charge on any atom is -0.318 e. The van der Waals surface area contributed by atoms with Gasteiger partial charge in [-0.2, -0.15) is 13.2 Å². The highest BCUT2D eigenvalue weighted by molar-refractivity contribution is 4.67. The Kier molecular flexibility index (Phi) is 2.21. The summed E-state index contributed by atoms with van der Waals surface area (Å²) in [6, 6.07) is -2.32. The van der Waals surface area contributed by atoms with Gasteiger partial charge in [-0.15, -0.1) is 0 Å². The van der Waals surface area contributed by atoms with Gasteiger partial charge >= 0.3 is 6.18 Å². The monoisotopic (exact) mass is 131 g/mol. The van der Waals surface area contributed by atoms with E-state index < -0.39 is 18.9 Å². The largest absolute Gasteiger partial charge is 0.406 e. The molecule has 0 aromatic heterocycles. The molecule has 0 spiro atoms. The minimum atomic E-state index is -4.59. The Bertz CT molecular complexity index is 68.2. The molecule has 1 atom stereocenters. The van der Waals surface area contributed by atoms with E-state index >= 15 is 0 Å². The van der Waals surface area contributed by atoms with Crippen LogP contribution in [0, 0.1) is 0 Å². The van der Waals surface area contributed by atoms with Gasteiger partial charge in [0, 0.05) is 0 Å². The Balaban J connectivity index is 3.62. The van der Waals surface area contributed by atoms with Crippen molar-refractivity contribution in [2.24, 2.45) is 5.73 Å². The second kappa shape index (κ2) is 2.30. The molecule has 0 radical (unpaired) electrons. The Labute approximate surface area is 43.5 Å². The van der Waals surface area contributed by atoms with Crippen LogP contribution in [0.4, 0.5) is 17.6 Å². The normalized spacial score (nSPS) is 16.1. The molecule has 0 saturated carbocycles. The van der Waals surface area contributed by atoms with E-state index in [2.05, 4.69) is 5.73 Å². The summed E-state index contributed by atoms with van der Waals surface area (Å²) in [7, 11) is 0. The van der Waals surface area contributed by atoms with Crippen LogP contribution in [0.2, 0.25) is 0 Å². The van der Waals surface area contributed by atoms with Gasteiger partial charge in [0.15, 0.2) is 0 Å². The van der Waals surface area contributed by atoms with E-state index in [9.17, 15) is 17.6 Å². The summed E-state index contributed by atoms with van der Waals surface area (Å²) in [5.74, 6) is 0. The fourth-order valence-corrected chi connectivity index (χ4v) is 0.0875. The topological polar surface area (TPSA) is 26.0 Å². The highest BCUT2D eigenvalue weighted by atomic mass is 19.4. The summed E-state index contributed by atoms with van der Waals surface area (Å²) in [5.41, 5.74) is 4.25. The van der Waals surface area contributed by atoms with E-state index in [0.717, 1.165) is 0 Å². The molecular weight excluding hydrogens is 126 g/mol. The van der Waals surface area contributed by atoms with Crippen LogP contribution in [0.3, 0.4) is 0 Å². The van der Waals surface area contributed by atoms with Crippen LogP contribution in [-0.2, 0) is 0 Å². The van der Waals surface area contributed by atoms with Crippen molar-refractivity contribution in [3.05, 3.63) is 0 Å². The van der Waals surface area contributed by atoms with Crippen molar-refractivity contribution in [3.8, 4) is 0 Å². The molecule has 0 aliphatic carbocycles. The maximum atomic E-state index is 11.1. The van der Waals surface area contributed by atoms with Gasteiger partial charge in [0.25, 0.3) is 0 Å². The third-order valence-corrected chi connectivity index (χ3v) is 0.587. The van der Waals surface area contributed by atoms with Crippen LogP contribution in [0.15, 0.2) is 0 Å². The van der Waals surface area contributed by atoms with Crippen molar-refractivity contribution in [1.82, 2.24) is 0 Å². The smallest absolute Gasteiger partial charge is 0.318 e. The maximum absolute atomic E-state index is 11.1. The number of hydrogen-bond acceptors (Lipinski definition) is 1. The Morgan fingerprint density at radius 1 is 1.38 bits per heavy atom. The molecule has 0 fully saturated rings. The molecule has 0 rings (SSSR count).